The fourth-order valence-corrected chi connectivity index (χ4v) is 7.13. The molecule has 0 aromatic heterocycles. The molecule has 0 spiro atoms. The summed E-state index contributed by atoms with van der Waals surface area (Å²) in [6.07, 6.45) is 14.4. The molecule has 0 N–H and O–H groups in total. The SMILES string of the molecule is CC(C)(C)OC(=O)N1C[C@H]2C[C@@H]3O[C@@H]3C[C@H]2[C@@](CCCCCCCCCCCOCc2ccccc2)(CN=[N+]=[N-])C1. The summed E-state index contributed by atoms with van der Waals surface area (Å²) in [6, 6.07) is 10.4. The van der Waals surface area contributed by atoms with E-state index in [4.69, 9.17) is 14.2 Å². The molecule has 5 atom stereocenters. The van der Waals surface area contributed by atoms with Crippen molar-refractivity contribution in [3.05, 3.63) is 46.3 Å². The summed E-state index contributed by atoms with van der Waals surface area (Å²) in [6.45, 7) is 9.04. The normalized spacial score (nSPS) is 27.0. The average molecular weight is 569 g/mol. The van der Waals surface area contributed by atoms with E-state index in [9.17, 15) is 10.3 Å². The Morgan fingerprint density at radius 1 is 1.02 bits per heavy atom. The number of hydrogen-bond donors (Lipinski definition) is 0. The Morgan fingerprint density at radius 2 is 1.68 bits per heavy atom. The maximum atomic E-state index is 13.1. The molecule has 1 aromatic rings. The van der Waals surface area contributed by atoms with Crippen LogP contribution < -0.4 is 0 Å². The first-order valence-electron chi connectivity index (χ1n) is 16.1. The number of epoxide rings is 1. The monoisotopic (exact) mass is 568 g/mol. The fourth-order valence-electron chi connectivity index (χ4n) is 7.13. The Kier molecular flexibility index (Phi) is 11.8. The lowest BCUT2D eigenvalue weighted by Gasteiger charge is -2.53. The van der Waals surface area contributed by atoms with Crippen molar-refractivity contribution >= 4 is 6.09 Å². The number of carbonyl (C=O) groups is 1. The van der Waals surface area contributed by atoms with Crippen LogP contribution in [0.25, 0.3) is 10.4 Å². The lowest BCUT2D eigenvalue weighted by molar-refractivity contribution is -0.0478. The van der Waals surface area contributed by atoms with Crippen LogP contribution in [0.4, 0.5) is 4.79 Å². The number of rotatable bonds is 16. The zero-order valence-corrected chi connectivity index (χ0v) is 25.6. The second kappa shape index (κ2) is 15.3. The van der Waals surface area contributed by atoms with Crippen LogP contribution >= 0.6 is 0 Å². The minimum Gasteiger partial charge on any atom is -0.444 e. The van der Waals surface area contributed by atoms with E-state index in [1.54, 1.807) is 0 Å². The van der Waals surface area contributed by atoms with Gasteiger partial charge in [-0.1, -0.05) is 86.8 Å². The molecule has 0 bridgehead atoms. The van der Waals surface area contributed by atoms with E-state index in [0.717, 1.165) is 38.7 Å². The molecule has 1 amide bonds. The topological polar surface area (TPSA) is 100 Å². The van der Waals surface area contributed by atoms with Gasteiger partial charge < -0.3 is 19.1 Å². The van der Waals surface area contributed by atoms with Crippen LogP contribution in [0.5, 0.6) is 0 Å². The van der Waals surface area contributed by atoms with Crippen LogP contribution in [-0.4, -0.2) is 55.0 Å². The number of carbonyl (C=O) groups excluding carboxylic acids is 1. The molecule has 1 aliphatic carbocycles. The number of nitrogens with zero attached hydrogens (tertiary/aromatic N) is 4. The maximum absolute atomic E-state index is 13.1. The Balaban J connectivity index is 1.16. The highest BCUT2D eigenvalue weighted by atomic mass is 16.6. The van der Waals surface area contributed by atoms with E-state index in [2.05, 4.69) is 34.3 Å². The molecule has 3 fully saturated rings. The van der Waals surface area contributed by atoms with Gasteiger partial charge in [-0.05, 0) is 74.8 Å². The molecular weight excluding hydrogens is 516 g/mol. The van der Waals surface area contributed by atoms with Crippen LogP contribution in [0.2, 0.25) is 0 Å². The third kappa shape index (κ3) is 9.90. The van der Waals surface area contributed by atoms with Gasteiger partial charge >= 0.3 is 6.09 Å². The lowest BCUT2D eigenvalue weighted by Crippen LogP contribution is -2.58. The van der Waals surface area contributed by atoms with Crippen molar-refractivity contribution in [2.24, 2.45) is 22.4 Å². The molecule has 1 saturated carbocycles. The summed E-state index contributed by atoms with van der Waals surface area (Å²) in [5.74, 6) is 0.796. The fraction of sp³-hybridized carbons (Fsp3) is 0.788. The highest BCUT2D eigenvalue weighted by Crippen LogP contribution is 2.54. The van der Waals surface area contributed by atoms with E-state index in [0.29, 0.717) is 50.3 Å². The van der Waals surface area contributed by atoms with Gasteiger partial charge in [0.25, 0.3) is 0 Å². The van der Waals surface area contributed by atoms with Gasteiger partial charge in [0.05, 0.1) is 18.8 Å². The van der Waals surface area contributed by atoms with Crippen molar-refractivity contribution in [2.45, 2.75) is 122 Å². The largest absolute Gasteiger partial charge is 0.444 e. The molecule has 0 radical (unpaired) electrons. The van der Waals surface area contributed by atoms with E-state index in [1.807, 2.05) is 31.7 Å². The van der Waals surface area contributed by atoms with Crippen LogP contribution in [0.1, 0.15) is 103 Å². The van der Waals surface area contributed by atoms with Gasteiger partial charge in [-0.15, -0.1) is 0 Å². The number of amides is 1. The predicted molar refractivity (Wildman–Crippen MR) is 161 cm³/mol. The van der Waals surface area contributed by atoms with E-state index < -0.39 is 5.60 Å². The first-order chi connectivity index (χ1) is 19.8. The summed E-state index contributed by atoms with van der Waals surface area (Å²) < 4.78 is 17.5. The number of unbranched alkanes of at least 4 members (excludes halogenated alkanes) is 8. The average Bonchev–Trinajstić information content (AvgIpc) is 3.71. The zero-order valence-electron chi connectivity index (χ0n) is 25.6. The van der Waals surface area contributed by atoms with Crippen LogP contribution in [0.15, 0.2) is 35.4 Å². The Labute approximate surface area is 247 Å². The van der Waals surface area contributed by atoms with Crippen molar-refractivity contribution in [3.8, 4) is 0 Å². The molecule has 228 valence electrons. The molecule has 41 heavy (non-hydrogen) atoms. The van der Waals surface area contributed by atoms with Gasteiger partial charge in [-0.25, -0.2) is 4.79 Å². The summed E-state index contributed by atoms with van der Waals surface area (Å²) in [7, 11) is 0. The lowest BCUT2D eigenvalue weighted by atomic mass is 9.59. The highest BCUT2D eigenvalue weighted by Gasteiger charge is 2.57. The number of benzene rings is 1. The molecule has 8 heteroatoms. The highest BCUT2D eigenvalue weighted by molar-refractivity contribution is 5.68. The van der Waals surface area contributed by atoms with Gasteiger partial charge in [0.15, 0.2) is 0 Å². The Hall–Kier alpha value is -2.28. The molecule has 1 aromatic carbocycles. The Bertz CT molecular complexity index is 993. The standard InChI is InChI=1S/C33H52N4O4/c1-32(2,3)41-31(38)37-22-27-20-29-30(40-29)21-28(27)33(25-37,24-35-36-34)18-14-9-7-5-4-6-8-10-15-19-39-23-26-16-12-11-13-17-26/h11-13,16-17,27-30H,4-10,14-15,18-25H2,1-3H3/t27-,28-,29+,30-,33+/m1/s1. The second-order valence-corrected chi connectivity index (χ2v) is 13.6. The number of azide groups is 1. The number of piperidine rings is 1. The smallest absolute Gasteiger partial charge is 0.410 e. The van der Waals surface area contributed by atoms with Gasteiger partial charge in [-0.3, -0.25) is 0 Å². The third-order valence-corrected chi connectivity index (χ3v) is 9.20. The molecule has 0 unspecified atom stereocenters. The van der Waals surface area contributed by atoms with E-state index >= 15 is 0 Å². The summed E-state index contributed by atoms with van der Waals surface area (Å²) >= 11 is 0. The molecule has 4 rings (SSSR count). The molecule has 2 heterocycles. The molecule has 3 aliphatic rings. The van der Waals surface area contributed by atoms with Crippen LogP contribution in [0, 0.1) is 17.3 Å². The van der Waals surface area contributed by atoms with Crippen LogP contribution in [-0.2, 0) is 20.8 Å². The van der Waals surface area contributed by atoms with Crippen molar-refractivity contribution in [3.63, 3.8) is 0 Å². The van der Waals surface area contributed by atoms with Gasteiger partial charge in [0, 0.05) is 31.2 Å². The van der Waals surface area contributed by atoms with Crippen molar-refractivity contribution in [2.75, 3.05) is 26.2 Å². The van der Waals surface area contributed by atoms with Crippen molar-refractivity contribution in [1.29, 1.82) is 0 Å². The minimum atomic E-state index is -0.533. The van der Waals surface area contributed by atoms with Crippen molar-refractivity contribution < 1.29 is 19.0 Å². The van der Waals surface area contributed by atoms with Gasteiger partial charge in [0.2, 0.25) is 0 Å². The zero-order chi connectivity index (χ0) is 29.1. The van der Waals surface area contributed by atoms with Gasteiger partial charge in [0.1, 0.15) is 5.60 Å². The number of hydrogen-bond acceptors (Lipinski definition) is 5. The summed E-state index contributed by atoms with van der Waals surface area (Å²) in [4.78, 5) is 18.2. The minimum absolute atomic E-state index is 0.203. The maximum Gasteiger partial charge on any atom is 0.410 e. The third-order valence-electron chi connectivity index (χ3n) is 9.20. The first kappa shape index (κ1) is 31.7. The van der Waals surface area contributed by atoms with E-state index in [-0.39, 0.29) is 11.5 Å². The Morgan fingerprint density at radius 3 is 2.37 bits per heavy atom. The molecule has 8 nitrogen and oxygen atoms in total. The predicted octanol–water partition coefficient (Wildman–Crippen LogP) is 8.45. The quantitative estimate of drug-likeness (QED) is 0.0656. The second-order valence-electron chi connectivity index (χ2n) is 13.6. The summed E-state index contributed by atoms with van der Waals surface area (Å²) in [5, 5.41) is 4.11. The van der Waals surface area contributed by atoms with Gasteiger partial charge in [-0.2, -0.15) is 0 Å². The van der Waals surface area contributed by atoms with Crippen LogP contribution in [0.3, 0.4) is 0 Å². The molecular formula is C33H52N4O4. The molecule has 2 aliphatic heterocycles. The van der Waals surface area contributed by atoms with E-state index in [1.165, 1.54) is 50.5 Å². The number of likely N-dealkylation sites (tertiary alicyclic amines) is 1. The van der Waals surface area contributed by atoms with Crippen molar-refractivity contribution in [1.82, 2.24) is 4.90 Å². The number of fused-ring (bicyclic) bond motifs is 2. The number of ether oxygens (including phenoxy) is 3. The summed E-state index contributed by atoms with van der Waals surface area (Å²) in [5.41, 5.74) is 9.74. The first-order valence-corrected chi connectivity index (χ1v) is 16.1. The molecule has 2 saturated heterocycles.